The minimum atomic E-state index is -3.94. The summed E-state index contributed by atoms with van der Waals surface area (Å²) < 4.78 is 32.0. The lowest BCUT2D eigenvalue weighted by Gasteiger charge is -2.18. The van der Waals surface area contributed by atoms with Gasteiger partial charge in [-0.25, -0.2) is 8.42 Å². The number of amides is 1. The maximum atomic E-state index is 12.6. The molecule has 1 N–H and O–H groups in total. The Morgan fingerprint density at radius 1 is 1.23 bits per heavy atom. The van der Waals surface area contributed by atoms with Crippen LogP contribution in [-0.4, -0.2) is 39.3 Å². The molecule has 0 aliphatic heterocycles. The Morgan fingerprint density at radius 3 is 2.54 bits per heavy atom. The van der Waals surface area contributed by atoms with E-state index in [4.69, 9.17) is 27.9 Å². The number of likely N-dealkylation sites (N-methyl/N-ethyl adjacent to an activating group) is 1. The number of ether oxygens (including phenoxy) is 1. The molecular formula is C16H15BrCl2N2O4S. The van der Waals surface area contributed by atoms with E-state index in [0.717, 1.165) is 4.31 Å². The monoisotopic (exact) mass is 480 g/mol. The Morgan fingerprint density at radius 2 is 1.92 bits per heavy atom. The number of nitrogens with one attached hydrogen (secondary N) is 1. The molecule has 2 aromatic rings. The van der Waals surface area contributed by atoms with E-state index in [9.17, 15) is 13.2 Å². The van der Waals surface area contributed by atoms with Crippen molar-refractivity contribution in [3.8, 4) is 5.75 Å². The summed E-state index contributed by atoms with van der Waals surface area (Å²) >= 11 is 15.1. The third-order valence-corrected chi connectivity index (χ3v) is 6.40. The Labute approximate surface area is 170 Å². The molecule has 2 aromatic carbocycles. The molecule has 0 saturated heterocycles. The molecule has 26 heavy (non-hydrogen) atoms. The van der Waals surface area contributed by atoms with Gasteiger partial charge in [0.1, 0.15) is 10.6 Å². The molecule has 0 radical (unpaired) electrons. The van der Waals surface area contributed by atoms with Crippen LogP contribution in [0.4, 0.5) is 5.69 Å². The van der Waals surface area contributed by atoms with Gasteiger partial charge in [0.05, 0.1) is 24.4 Å². The predicted octanol–water partition coefficient (Wildman–Crippen LogP) is 4.02. The van der Waals surface area contributed by atoms with Crippen LogP contribution < -0.4 is 10.1 Å². The molecule has 2 rings (SSSR count). The second-order valence-corrected chi connectivity index (χ2v) is 9.00. The molecule has 10 heteroatoms. The Bertz CT molecular complexity index is 938. The van der Waals surface area contributed by atoms with Crippen molar-refractivity contribution in [1.29, 1.82) is 0 Å². The summed E-state index contributed by atoms with van der Waals surface area (Å²) in [5.74, 6) is -0.144. The van der Waals surface area contributed by atoms with Gasteiger partial charge in [-0.2, -0.15) is 4.31 Å². The lowest BCUT2D eigenvalue weighted by atomic mass is 10.3. The maximum Gasteiger partial charge on any atom is 0.244 e. The van der Waals surface area contributed by atoms with Gasteiger partial charge in [-0.05, 0) is 36.4 Å². The summed E-state index contributed by atoms with van der Waals surface area (Å²) in [6, 6.07) is 9.12. The van der Waals surface area contributed by atoms with Gasteiger partial charge in [0.25, 0.3) is 0 Å². The number of carbonyl (C=O) groups excluding carboxylic acids is 1. The Balaban J connectivity index is 2.17. The zero-order valence-corrected chi connectivity index (χ0v) is 17.7. The van der Waals surface area contributed by atoms with E-state index < -0.39 is 22.5 Å². The van der Waals surface area contributed by atoms with E-state index in [0.29, 0.717) is 20.9 Å². The van der Waals surface area contributed by atoms with Crippen molar-refractivity contribution in [2.24, 2.45) is 0 Å². The number of hydrogen-bond acceptors (Lipinski definition) is 4. The van der Waals surface area contributed by atoms with Crippen molar-refractivity contribution in [1.82, 2.24) is 4.31 Å². The van der Waals surface area contributed by atoms with Crippen LogP contribution in [0.2, 0.25) is 10.0 Å². The average molecular weight is 482 g/mol. The molecule has 0 aliphatic carbocycles. The third-order valence-electron chi connectivity index (χ3n) is 3.38. The third kappa shape index (κ3) is 4.89. The number of anilines is 1. The Kier molecular flexibility index (Phi) is 6.92. The predicted molar refractivity (Wildman–Crippen MR) is 106 cm³/mol. The van der Waals surface area contributed by atoms with Gasteiger partial charge in [-0.1, -0.05) is 39.1 Å². The van der Waals surface area contributed by atoms with E-state index >= 15 is 0 Å². The quantitative estimate of drug-likeness (QED) is 0.675. The van der Waals surface area contributed by atoms with Crippen molar-refractivity contribution in [2.75, 3.05) is 26.0 Å². The van der Waals surface area contributed by atoms with Crippen molar-refractivity contribution in [3.63, 3.8) is 0 Å². The Hall–Kier alpha value is -1.32. The number of rotatable bonds is 6. The summed E-state index contributed by atoms with van der Waals surface area (Å²) in [5.41, 5.74) is 0.345. The van der Waals surface area contributed by atoms with E-state index in [1.54, 1.807) is 18.2 Å². The van der Waals surface area contributed by atoms with Gasteiger partial charge in [-0.3, -0.25) is 4.79 Å². The average Bonchev–Trinajstić information content (AvgIpc) is 2.54. The van der Waals surface area contributed by atoms with E-state index in [1.807, 2.05) is 0 Å². The highest BCUT2D eigenvalue weighted by molar-refractivity contribution is 9.10. The minimum Gasteiger partial charge on any atom is -0.495 e. The molecule has 0 fully saturated rings. The number of benzene rings is 2. The van der Waals surface area contributed by atoms with Crippen LogP contribution in [0, 0.1) is 0 Å². The fourth-order valence-electron chi connectivity index (χ4n) is 2.11. The number of methoxy groups -OCH3 is 1. The van der Waals surface area contributed by atoms with Crippen molar-refractivity contribution >= 4 is 60.7 Å². The highest BCUT2D eigenvalue weighted by Crippen LogP contribution is 2.29. The molecule has 0 unspecified atom stereocenters. The first kappa shape index (κ1) is 21.0. The molecule has 0 saturated carbocycles. The van der Waals surface area contributed by atoms with Crippen LogP contribution in [0.1, 0.15) is 0 Å². The number of hydrogen-bond donors (Lipinski definition) is 1. The summed E-state index contributed by atoms with van der Waals surface area (Å²) in [6.45, 7) is -0.412. The lowest BCUT2D eigenvalue weighted by molar-refractivity contribution is -0.116. The van der Waals surface area contributed by atoms with Crippen molar-refractivity contribution < 1.29 is 17.9 Å². The highest BCUT2D eigenvalue weighted by atomic mass is 79.9. The largest absolute Gasteiger partial charge is 0.495 e. The molecule has 0 aromatic heterocycles. The standard InChI is InChI=1S/C16H15BrCl2N2O4S/c1-21(26(23,24)15-6-3-10(17)7-12(15)19)9-16(22)20-13-8-11(18)4-5-14(13)25-2/h3-8H,9H2,1-2H3,(H,20,22). The van der Waals surface area contributed by atoms with E-state index in [-0.39, 0.29) is 9.92 Å². The molecule has 0 heterocycles. The van der Waals surface area contributed by atoms with Gasteiger partial charge in [0, 0.05) is 16.5 Å². The fraction of sp³-hybridized carbons (Fsp3) is 0.188. The smallest absolute Gasteiger partial charge is 0.244 e. The molecule has 0 spiro atoms. The van der Waals surface area contributed by atoms with Crippen LogP contribution in [0.25, 0.3) is 0 Å². The first-order valence-electron chi connectivity index (χ1n) is 7.20. The van der Waals surface area contributed by atoms with Gasteiger partial charge >= 0.3 is 0 Å². The molecule has 0 aliphatic rings. The summed E-state index contributed by atoms with van der Waals surface area (Å²) in [6.07, 6.45) is 0. The number of halogens is 3. The van der Waals surface area contributed by atoms with Crippen LogP contribution >= 0.6 is 39.1 Å². The molecule has 1 amide bonds. The number of sulfonamides is 1. The summed E-state index contributed by atoms with van der Waals surface area (Å²) in [7, 11) is -1.19. The molecule has 0 atom stereocenters. The highest BCUT2D eigenvalue weighted by Gasteiger charge is 2.25. The summed E-state index contributed by atoms with van der Waals surface area (Å²) in [5, 5.41) is 3.05. The van der Waals surface area contributed by atoms with Crippen LogP contribution in [0.5, 0.6) is 5.75 Å². The molecular weight excluding hydrogens is 467 g/mol. The zero-order chi connectivity index (χ0) is 19.5. The first-order chi connectivity index (χ1) is 12.1. The topological polar surface area (TPSA) is 75.7 Å². The zero-order valence-electron chi connectivity index (χ0n) is 13.8. The van der Waals surface area contributed by atoms with Crippen LogP contribution in [0.15, 0.2) is 45.8 Å². The fourth-order valence-corrected chi connectivity index (χ4v) is 4.41. The number of carbonyl (C=O) groups is 1. The van der Waals surface area contributed by atoms with Crippen LogP contribution in [0.3, 0.4) is 0 Å². The normalized spacial score (nSPS) is 11.5. The lowest BCUT2D eigenvalue weighted by Crippen LogP contribution is -2.35. The molecule has 140 valence electrons. The minimum absolute atomic E-state index is 0.0585. The van der Waals surface area contributed by atoms with Gasteiger partial charge < -0.3 is 10.1 Å². The van der Waals surface area contributed by atoms with Gasteiger partial charge in [0.15, 0.2) is 0 Å². The number of nitrogens with zero attached hydrogens (tertiary/aromatic N) is 1. The van der Waals surface area contributed by atoms with E-state index in [2.05, 4.69) is 21.2 Å². The second kappa shape index (κ2) is 8.58. The van der Waals surface area contributed by atoms with Gasteiger partial charge in [-0.15, -0.1) is 0 Å². The second-order valence-electron chi connectivity index (χ2n) is 5.23. The van der Waals surface area contributed by atoms with Crippen molar-refractivity contribution in [3.05, 3.63) is 50.9 Å². The van der Waals surface area contributed by atoms with Gasteiger partial charge in [0.2, 0.25) is 15.9 Å². The molecule has 0 bridgehead atoms. The van der Waals surface area contributed by atoms with Crippen molar-refractivity contribution in [2.45, 2.75) is 4.90 Å². The van der Waals surface area contributed by atoms with E-state index in [1.165, 1.54) is 32.4 Å². The summed E-state index contributed by atoms with van der Waals surface area (Å²) in [4.78, 5) is 12.2. The van der Waals surface area contributed by atoms with Crippen LogP contribution in [-0.2, 0) is 14.8 Å². The SMILES string of the molecule is COc1ccc(Cl)cc1NC(=O)CN(C)S(=O)(=O)c1ccc(Br)cc1Cl. The maximum absolute atomic E-state index is 12.6. The first-order valence-corrected chi connectivity index (χ1v) is 10.2. The molecule has 6 nitrogen and oxygen atoms in total.